The summed E-state index contributed by atoms with van der Waals surface area (Å²) in [4.78, 5) is 27.4. The Kier molecular flexibility index (Phi) is 20.2. The fourth-order valence-corrected chi connectivity index (χ4v) is 4.37. The topological polar surface area (TPSA) is 68.4 Å². The van der Waals surface area contributed by atoms with Crippen molar-refractivity contribution in [1.82, 2.24) is 4.98 Å². The summed E-state index contributed by atoms with van der Waals surface area (Å²) in [7, 11) is 0. The average molecular weight is 492 g/mol. The standard InChI is InChI=1S/C30H53NO4/c1-3-5-7-9-11-13-15-17-19-21-34-29(32)23-27-25-31-26-28(27)24-30(33)35-22-20-18-16-14-12-10-8-6-4-2/h25-26,31H,3-24H2,1-2H3. The first-order valence-corrected chi connectivity index (χ1v) is 14.6. The van der Waals surface area contributed by atoms with E-state index in [1.54, 1.807) is 12.4 Å². The third-order valence-electron chi connectivity index (χ3n) is 6.62. The first kappa shape index (κ1) is 31.3. The number of carbonyl (C=O) groups excluding carboxylic acids is 2. The molecule has 0 aliphatic carbocycles. The molecule has 1 heterocycles. The largest absolute Gasteiger partial charge is 0.465 e. The van der Waals surface area contributed by atoms with E-state index in [1.807, 2.05) is 0 Å². The van der Waals surface area contributed by atoms with Gasteiger partial charge in [0.2, 0.25) is 0 Å². The minimum Gasteiger partial charge on any atom is -0.465 e. The molecule has 1 aromatic rings. The van der Waals surface area contributed by atoms with Crippen LogP contribution in [0.15, 0.2) is 12.4 Å². The van der Waals surface area contributed by atoms with E-state index < -0.39 is 0 Å². The number of rotatable bonds is 24. The maximum atomic E-state index is 12.2. The monoisotopic (exact) mass is 491 g/mol. The second-order valence-electron chi connectivity index (χ2n) is 9.96. The van der Waals surface area contributed by atoms with Crippen LogP contribution in [0.3, 0.4) is 0 Å². The fourth-order valence-electron chi connectivity index (χ4n) is 4.37. The van der Waals surface area contributed by atoms with Gasteiger partial charge >= 0.3 is 11.9 Å². The smallest absolute Gasteiger partial charge is 0.310 e. The van der Waals surface area contributed by atoms with Gasteiger partial charge in [0.1, 0.15) is 0 Å². The number of aromatic nitrogens is 1. The van der Waals surface area contributed by atoms with E-state index in [-0.39, 0.29) is 24.8 Å². The van der Waals surface area contributed by atoms with Crippen molar-refractivity contribution in [3.8, 4) is 0 Å². The molecule has 0 spiro atoms. The molecule has 5 heteroatoms. The fraction of sp³-hybridized carbons (Fsp3) is 0.800. The number of hydrogen-bond acceptors (Lipinski definition) is 4. The Balaban J connectivity index is 2.06. The van der Waals surface area contributed by atoms with Crippen molar-refractivity contribution in [1.29, 1.82) is 0 Å². The van der Waals surface area contributed by atoms with Crippen LogP contribution in [0.1, 0.15) is 141 Å². The first-order valence-electron chi connectivity index (χ1n) is 14.6. The van der Waals surface area contributed by atoms with Crippen molar-refractivity contribution in [2.45, 2.75) is 142 Å². The van der Waals surface area contributed by atoms with E-state index in [0.717, 1.165) is 36.8 Å². The quantitative estimate of drug-likeness (QED) is 0.117. The Labute approximate surface area is 215 Å². The lowest BCUT2D eigenvalue weighted by atomic mass is 10.1. The Morgan fingerprint density at radius 2 is 0.857 bits per heavy atom. The van der Waals surface area contributed by atoms with Crippen molar-refractivity contribution >= 4 is 11.9 Å². The first-order chi connectivity index (χ1) is 17.2. The predicted molar refractivity (Wildman–Crippen MR) is 145 cm³/mol. The number of hydrogen-bond donors (Lipinski definition) is 1. The highest BCUT2D eigenvalue weighted by Crippen LogP contribution is 2.13. The van der Waals surface area contributed by atoms with Gasteiger partial charge in [-0.1, -0.05) is 117 Å². The zero-order valence-electron chi connectivity index (χ0n) is 22.8. The molecule has 5 nitrogen and oxygen atoms in total. The highest BCUT2D eigenvalue weighted by molar-refractivity contribution is 5.76. The number of nitrogens with one attached hydrogen (secondary N) is 1. The van der Waals surface area contributed by atoms with Gasteiger partial charge in [0.25, 0.3) is 0 Å². The molecule has 0 saturated carbocycles. The molecule has 0 bridgehead atoms. The minimum absolute atomic E-state index is 0.196. The number of esters is 2. The molecular formula is C30H53NO4. The molecule has 1 rings (SSSR count). The second-order valence-corrected chi connectivity index (χ2v) is 9.96. The molecule has 0 aliphatic rings. The predicted octanol–water partition coefficient (Wildman–Crippen LogP) is 8.25. The van der Waals surface area contributed by atoms with Crippen LogP contribution in [0.4, 0.5) is 0 Å². The van der Waals surface area contributed by atoms with E-state index in [9.17, 15) is 9.59 Å². The van der Waals surface area contributed by atoms with E-state index >= 15 is 0 Å². The molecule has 202 valence electrons. The van der Waals surface area contributed by atoms with Crippen molar-refractivity contribution in [3.05, 3.63) is 23.5 Å². The van der Waals surface area contributed by atoms with Crippen LogP contribution in [0.25, 0.3) is 0 Å². The average Bonchev–Trinajstić information content (AvgIpc) is 3.27. The van der Waals surface area contributed by atoms with Crippen molar-refractivity contribution in [2.24, 2.45) is 0 Å². The van der Waals surface area contributed by atoms with Crippen LogP contribution in [0, 0.1) is 0 Å². The van der Waals surface area contributed by atoms with Gasteiger partial charge in [-0.05, 0) is 24.0 Å². The summed E-state index contributed by atoms with van der Waals surface area (Å²) in [6.45, 7) is 5.45. The summed E-state index contributed by atoms with van der Waals surface area (Å²) in [5.41, 5.74) is 1.64. The summed E-state index contributed by atoms with van der Waals surface area (Å²) in [5.74, 6) is -0.457. The summed E-state index contributed by atoms with van der Waals surface area (Å²) in [6, 6.07) is 0. The zero-order valence-corrected chi connectivity index (χ0v) is 22.8. The van der Waals surface area contributed by atoms with Crippen LogP contribution < -0.4 is 0 Å². The zero-order chi connectivity index (χ0) is 25.4. The molecule has 0 aromatic carbocycles. The van der Waals surface area contributed by atoms with Crippen LogP contribution >= 0.6 is 0 Å². The van der Waals surface area contributed by atoms with Gasteiger partial charge in [0.15, 0.2) is 0 Å². The molecule has 0 saturated heterocycles. The van der Waals surface area contributed by atoms with Gasteiger partial charge in [0, 0.05) is 12.4 Å². The van der Waals surface area contributed by atoms with Gasteiger partial charge in [-0.2, -0.15) is 0 Å². The lowest BCUT2D eigenvalue weighted by Gasteiger charge is -2.07. The number of aromatic amines is 1. The molecule has 0 amide bonds. The van der Waals surface area contributed by atoms with Gasteiger partial charge in [-0.3, -0.25) is 9.59 Å². The summed E-state index contributed by atoms with van der Waals surface area (Å²) < 4.78 is 10.8. The second kappa shape index (κ2) is 22.7. The normalized spacial score (nSPS) is 11.0. The number of carbonyl (C=O) groups is 2. The van der Waals surface area contributed by atoms with E-state index in [4.69, 9.17) is 9.47 Å². The summed E-state index contributed by atoms with van der Waals surface area (Å²) >= 11 is 0. The van der Waals surface area contributed by atoms with E-state index in [2.05, 4.69) is 18.8 Å². The molecule has 1 aromatic heterocycles. The molecule has 0 atom stereocenters. The van der Waals surface area contributed by atoms with Gasteiger partial charge < -0.3 is 14.5 Å². The van der Waals surface area contributed by atoms with E-state index in [0.29, 0.717) is 13.2 Å². The van der Waals surface area contributed by atoms with Crippen LogP contribution in [-0.2, 0) is 31.9 Å². The molecular weight excluding hydrogens is 438 g/mol. The van der Waals surface area contributed by atoms with Crippen LogP contribution in [0.2, 0.25) is 0 Å². The van der Waals surface area contributed by atoms with Crippen molar-refractivity contribution in [2.75, 3.05) is 13.2 Å². The molecule has 1 N–H and O–H groups in total. The van der Waals surface area contributed by atoms with Gasteiger partial charge in [-0.25, -0.2) is 0 Å². The van der Waals surface area contributed by atoms with Crippen molar-refractivity contribution in [3.63, 3.8) is 0 Å². The third kappa shape index (κ3) is 18.2. The number of H-pyrrole nitrogens is 1. The Morgan fingerprint density at radius 1 is 0.543 bits per heavy atom. The minimum atomic E-state index is -0.228. The van der Waals surface area contributed by atoms with Crippen LogP contribution in [0.5, 0.6) is 0 Å². The van der Waals surface area contributed by atoms with Crippen LogP contribution in [-0.4, -0.2) is 30.1 Å². The molecule has 0 radical (unpaired) electrons. The lowest BCUT2D eigenvalue weighted by Crippen LogP contribution is -2.13. The molecule has 0 aliphatic heterocycles. The van der Waals surface area contributed by atoms with Gasteiger partial charge in [0.05, 0.1) is 26.1 Å². The molecule has 35 heavy (non-hydrogen) atoms. The van der Waals surface area contributed by atoms with Crippen molar-refractivity contribution < 1.29 is 19.1 Å². The lowest BCUT2D eigenvalue weighted by molar-refractivity contribution is -0.144. The number of unbranched alkanes of at least 4 members (excludes halogenated alkanes) is 16. The number of ether oxygens (including phenoxy) is 2. The van der Waals surface area contributed by atoms with E-state index in [1.165, 1.54) is 89.9 Å². The summed E-state index contributed by atoms with van der Waals surface area (Å²) in [5, 5.41) is 0. The maximum Gasteiger partial charge on any atom is 0.310 e. The van der Waals surface area contributed by atoms with Gasteiger partial charge in [-0.15, -0.1) is 0 Å². The Bertz CT molecular complexity index is 588. The molecule has 0 unspecified atom stereocenters. The third-order valence-corrected chi connectivity index (χ3v) is 6.62. The highest BCUT2D eigenvalue weighted by atomic mass is 16.5. The Hall–Kier alpha value is -1.78. The SMILES string of the molecule is CCCCCCCCCCCOC(=O)Cc1c[nH]cc1CC(=O)OCCCCCCCCCCC. The summed E-state index contributed by atoms with van der Waals surface area (Å²) in [6.07, 6.45) is 26.3. The highest BCUT2D eigenvalue weighted by Gasteiger charge is 2.14. The Morgan fingerprint density at radius 3 is 1.20 bits per heavy atom. The molecule has 0 fully saturated rings. The maximum absolute atomic E-state index is 12.2.